The van der Waals surface area contributed by atoms with Gasteiger partial charge in [0.15, 0.2) is 0 Å². The van der Waals surface area contributed by atoms with Crippen molar-refractivity contribution < 1.29 is 38.3 Å². The Labute approximate surface area is 262 Å². The van der Waals surface area contributed by atoms with E-state index in [4.69, 9.17) is 28.4 Å². The fourth-order valence-corrected chi connectivity index (χ4v) is 6.38. The van der Waals surface area contributed by atoms with E-state index in [0.717, 1.165) is 36.1 Å². The van der Waals surface area contributed by atoms with E-state index >= 15 is 0 Å². The lowest BCUT2D eigenvalue weighted by Gasteiger charge is -2.29. The van der Waals surface area contributed by atoms with E-state index in [1.807, 2.05) is 54.6 Å². The Morgan fingerprint density at radius 1 is 0.864 bits per heavy atom. The monoisotopic (exact) mass is 610 g/mol. The maximum atomic E-state index is 13.6. The van der Waals surface area contributed by atoms with Crippen molar-refractivity contribution in [2.24, 2.45) is 17.8 Å². The Morgan fingerprint density at radius 2 is 1.57 bits per heavy atom. The molecule has 10 atom stereocenters. The second-order valence-corrected chi connectivity index (χ2v) is 12.2. The van der Waals surface area contributed by atoms with E-state index in [0.29, 0.717) is 13.0 Å². The molecular formula is C36H50O8. The SMILES string of the molecule is COc1ccc(CO[C@H]2[C@H](C)C3O[C@H]2C(O)C(C)C(=O)O[C@H](c2ccccc2)CCCC[C@H](OC)[C@H](OC)/C=C/[C@@H]3C)cc1. The van der Waals surface area contributed by atoms with Gasteiger partial charge in [0.05, 0.1) is 44.1 Å². The molecule has 0 aliphatic carbocycles. The molecule has 242 valence electrons. The molecule has 2 heterocycles. The molecule has 1 saturated heterocycles. The lowest BCUT2D eigenvalue weighted by molar-refractivity contribution is -0.166. The normalized spacial score (nSPS) is 34.6. The maximum absolute atomic E-state index is 13.6. The summed E-state index contributed by atoms with van der Waals surface area (Å²) in [5, 5.41) is 11.7. The largest absolute Gasteiger partial charge is 0.497 e. The zero-order valence-electron chi connectivity index (χ0n) is 27.0. The van der Waals surface area contributed by atoms with Gasteiger partial charge in [-0.05, 0) is 49.4 Å². The van der Waals surface area contributed by atoms with Crippen LogP contribution in [0.5, 0.6) is 5.75 Å². The number of esters is 1. The molecule has 0 amide bonds. The number of aliphatic hydroxyl groups is 1. The Bertz CT molecular complexity index is 1170. The van der Waals surface area contributed by atoms with Crippen molar-refractivity contribution in [1.29, 1.82) is 0 Å². The smallest absolute Gasteiger partial charge is 0.312 e. The molecule has 0 aromatic heterocycles. The average molecular weight is 611 g/mol. The van der Waals surface area contributed by atoms with Crippen LogP contribution in [-0.4, -0.2) is 69.0 Å². The topological polar surface area (TPSA) is 92.7 Å². The average Bonchev–Trinajstić information content (AvgIpc) is 3.39. The molecule has 3 unspecified atom stereocenters. The van der Waals surface area contributed by atoms with Crippen molar-refractivity contribution in [2.75, 3.05) is 21.3 Å². The summed E-state index contributed by atoms with van der Waals surface area (Å²) >= 11 is 0. The van der Waals surface area contributed by atoms with Gasteiger partial charge in [0.1, 0.15) is 24.1 Å². The summed E-state index contributed by atoms with van der Waals surface area (Å²) in [6.45, 7) is 6.22. The van der Waals surface area contributed by atoms with Crippen LogP contribution in [0.2, 0.25) is 0 Å². The van der Waals surface area contributed by atoms with Crippen molar-refractivity contribution in [1.82, 2.24) is 0 Å². The minimum atomic E-state index is -1.12. The van der Waals surface area contributed by atoms with Gasteiger partial charge in [-0.25, -0.2) is 0 Å². The van der Waals surface area contributed by atoms with Crippen molar-refractivity contribution in [2.45, 2.75) is 95.8 Å². The van der Waals surface area contributed by atoms with Crippen molar-refractivity contribution in [3.8, 4) is 5.75 Å². The zero-order valence-corrected chi connectivity index (χ0v) is 27.0. The van der Waals surface area contributed by atoms with Crippen LogP contribution in [0.3, 0.4) is 0 Å². The van der Waals surface area contributed by atoms with Crippen LogP contribution in [0, 0.1) is 17.8 Å². The maximum Gasteiger partial charge on any atom is 0.312 e. The van der Waals surface area contributed by atoms with E-state index in [9.17, 15) is 9.90 Å². The molecular weight excluding hydrogens is 560 g/mol. The van der Waals surface area contributed by atoms with Gasteiger partial charge < -0.3 is 33.5 Å². The second kappa shape index (κ2) is 16.5. The predicted molar refractivity (Wildman–Crippen MR) is 168 cm³/mol. The van der Waals surface area contributed by atoms with E-state index < -0.39 is 36.3 Å². The van der Waals surface area contributed by atoms with E-state index in [2.05, 4.69) is 26.0 Å². The third-order valence-electron chi connectivity index (χ3n) is 9.20. The van der Waals surface area contributed by atoms with Crippen molar-refractivity contribution in [3.05, 3.63) is 77.9 Å². The van der Waals surface area contributed by atoms with Crippen molar-refractivity contribution >= 4 is 5.97 Å². The molecule has 1 fully saturated rings. The Kier molecular flexibility index (Phi) is 12.8. The van der Waals surface area contributed by atoms with Gasteiger partial charge in [0.2, 0.25) is 0 Å². The molecule has 4 rings (SSSR count). The Balaban J connectivity index is 1.62. The number of carbonyl (C=O) groups is 1. The zero-order chi connectivity index (χ0) is 31.6. The van der Waals surface area contributed by atoms with Crippen LogP contribution >= 0.6 is 0 Å². The summed E-state index contributed by atoms with van der Waals surface area (Å²) in [7, 11) is 5.05. The molecule has 8 heteroatoms. The van der Waals surface area contributed by atoms with Crippen molar-refractivity contribution in [3.63, 3.8) is 0 Å². The summed E-state index contributed by atoms with van der Waals surface area (Å²) in [6.07, 6.45) is 4.06. The van der Waals surface area contributed by atoms with Gasteiger partial charge in [-0.3, -0.25) is 4.79 Å². The predicted octanol–water partition coefficient (Wildman–Crippen LogP) is 6.06. The summed E-state index contributed by atoms with van der Waals surface area (Å²) in [6, 6.07) is 17.5. The first-order chi connectivity index (χ1) is 21.3. The third-order valence-corrected chi connectivity index (χ3v) is 9.20. The highest BCUT2D eigenvalue weighted by molar-refractivity contribution is 5.73. The number of methoxy groups -OCH3 is 3. The molecule has 0 saturated carbocycles. The van der Waals surface area contributed by atoms with Gasteiger partial charge in [-0.15, -0.1) is 0 Å². The molecule has 2 bridgehead atoms. The number of hydrogen-bond donors (Lipinski definition) is 1. The molecule has 2 aromatic rings. The number of rotatable bonds is 7. The highest BCUT2D eigenvalue weighted by atomic mass is 16.6. The number of benzene rings is 2. The number of fused-ring (bicyclic) bond motifs is 2. The number of cyclic esters (lactones) is 1. The summed E-state index contributed by atoms with van der Waals surface area (Å²) in [4.78, 5) is 13.6. The number of aliphatic hydroxyl groups excluding tert-OH is 1. The lowest BCUT2D eigenvalue weighted by atomic mass is 9.87. The van der Waals surface area contributed by atoms with Gasteiger partial charge in [-0.1, -0.05) is 74.9 Å². The van der Waals surface area contributed by atoms with E-state index in [1.54, 1.807) is 28.3 Å². The molecule has 2 aliphatic heterocycles. The number of hydrogen-bond acceptors (Lipinski definition) is 8. The summed E-state index contributed by atoms with van der Waals surface area (Å²) < 4.78 is 36.1. The van der Waals surface area contributed by atoms with Crippen LogP contribution in [0.4, 0.5) is 0 Å². The van der Waals surface area contributed by atoms with Gasteiger partial charge in [0.25, 0.3) is 0 Å². The van der Waals surface area contributed by atoms with Crippen LogP contribution in [0.15, 0.2) is 66.7 Å². The highest BCUT2D eigenvalue weighted by Gasteiger charge is 2.49. The van der Waals surface area contributed by atoms with Crippen LogP contribution in [-0.2, 0) is 35.1 Å². The first-order valence-corrected chi connectivity index (χ1v) is 15.8. The fourth-order valence-electron chi connectivity index (χ4n) is 6.38. The lowest BCUT2D eigenvalue weighted by Crippen LogP contribution is -2.44. The number of ether oxygens (including phenoxy) is 6. The molecule has 2 aromatic carbocycles. The van der Waals surface area contributed by atoms with E-state index in [-0.39, 0.29) is 30.1 Å². The van der Waals surface area contributed by atoms with Gasteiger partial charge in [0, 0.05) is 26.1 Å². The first-order valence-electron chi connectivity index (χ1n) is 15.8. The molecule has 0 radical (unpaired) electrons. The van der Waals surface area contributed by atoms with E-state index in [1.165, 1.54) is 0 Å². The Morgan fingerprint density at radius 3 is 2.23 bits per heavy atom. The first kappa shape index (κ1) is 34.1. The standard InChI is InChI=1S/C36H50O8/c1-23-16-21-31(41-6)30(40-5)15-11-10-14-29(27-12-8-7-9-13-27)43-36(38)24(2)32(37)35-34(25(3)33(23)44-35)42-22-26-17-19-28(39-4)20-18-26/h7-9,12-13,16-21,23-25,29-35,37H,10-11,14-15,22H2,1-6H3/b21-16+/t23-,24?,25+,29-,30-,31+,32?,33?,34-,35-/m0/s1. The van der Waals surface area contributed by atoms with Gasteiger partial charge >= 0.3 is 5.97 Å². The summed E-state index contributed by atoms with van der Waals surface area (Å²) in [5.74, 6) is -0.574. The molecule has 1 N–H and O–H groups in total. The summed E-state index contributed by atoms with van der Waals surface area (Å²) in [5.41, 5.74) is 1.91. The Hall–Kier alpha value is -2.75. The molecule has 8 nitrogen and oxygen atoms in total. The second-order valence-electron chi connectivity index (χ2n) is 12.2. The highest BCUT2D eigenvalue weighted by Crippen LogP contribution is 2.38. The number of carbonyl (C=O) groups excluding carboxylic acids is 1. The minimum Gasteiger partial charge on any atom is -0.497 e. The van der Waals surface area contributed by atoms with Gasteiger partial charge in [-0.2, -0.15) is 0 Å². The van der Waals surface area contributed by atoms with Crippen LogP contribution in [0.1, 0.15) is 63.7 Å². The fraction of sp³-hybridized carbons (Fsp3) is 0.583. The van der Waals surface area contributed by atoms with Crippen LogP contribution < -0.4 is 4.74 Å². The molecule has 2 aliphatic rings. The quantitative estimate of drug-likeness (QED) is 0.299. The molecule has 44 heavy (non-hydrogen) atoms. The minimum absolute atomic E-state index is 0.00940. The molecule has 0 spiro atoms. The third kappa shape index (κ3) is 8.49. The van der Waals surface area contributed by atoms with Crippen LogP contribution in [0.25, 0.3) is 0 Å².